The van der Waals surface area contributed by atoms with E-state index in [0.717, 1.165) is 42.6 Å². The second-order valence-corrected chi connectivity index (χ2v) is 7.84. The van der Waals surface area contributed by atoms with Crippen molar-refractivity contribution in [3.05, 3.63) is 71.5 Å². The Morgan fingerprint density at radius 2 is 1.72 bits per heavy atom. The van der Waals surface area contributed by atoms with Crippen LogP contribution < -0.4 is 10.2 Å². The lowest BCUT2D eigenvalue weighted by Gasteiger charge is -2.34. The normalized spacial score (nSPS) is 14.1. The van der Waals surface area contributed by atoms with Crippen LogP contribution in [-0.2, 0) is 12.8 Å². The van der Waals surface area contributed by atoms with Crippen LogP contribution in [0.2, 0.25) is 0 Å². The van der Waals surface area contributed by atoms with Gasteiger partial charge < -0.3 is 15.1 Å². The lowest BCUT2D eigenvalue weighted by Crippen LogP contribution is -2.50. The Morgan fingerprint density at radius 3 is 2.41 bits per heavy atom. The van der Waals surface area contributed by atoms with Crippen molar-refractivity contribution in [3.8, 4) is 0 Å². The van der Waals surface area contributed by atoms with Crippen LogP contribution in [0.5, 0.6) is 0 Å². The number of rotatable bonds is 5. The number of piperazine rings is 1. The predicted octanol–water partition coefficient (Wildman–Crippen LogP) is 4.05. The summed E-state index contributed by atoms with van der Waals surface area (Å²) in [5.41, 5.74) is 3.31. The summed E-state index contributed by atoms with van der Waals surface area (Å²) in [6, 6.07) is 18.2. The average molecular weight is 408 g/mol. The zero-order valence-electron chi connectivity index (χ0n) is 16.5. The van der Waals surface area contributed by atoms with E-state index >= 15 is 0 Å². The van der Waals surface area contributed by atoms with Crippen molar-refractivity contribution in [2.24, 2.45) is 0 Å². The summed E-state index contributed by atoms with van der Waals surface area (Å²) < 4.78 is 4.51. The van der Waals surface area contributed by atoms with Crippen LogP contribution in [0.1, 0.15) is 23.9 Å². The standard InChI is InChI=1S/C22H25N5OS/c1-2-17-8-10-19(11-9-17)23-21(28)26-12-14-27(15-13-26)22-24-20(25-29-22)16-18-6-4-3-5-7-18/h3-11H,2,12-16H2,1H3,(H,23,28). The van der Waals surface area contributed by atoms with Gasteiger partial charge >= 0.3 is 6.03 Å². The summed E-state index contributed by atoms with van der Waals surface area (Å²) in [5.74, 6) is 0.854. The van der Waals surface area contributed by atoms with Gasteiger partial charge in [-0.3, -0.25) is 0 Å². The number of nitrogens with one attached hydrogen (secondary N) is 1. The Balaban J connectivity index is 1.29. The molecule has 0 unspecified atom stereocenters. The first-order valence-corrected chi connectivity index (χ1v) is 10.7. The summed E-state index contributed by atoms with van der Waals surface area (Å²) in [7, 11) is 0. The minimum atomic E-state index is -0.0454. The Hall–Kier alpha value is -2.93. The third-order valence-electron chi connectivity index (χ3n) is 5.11. The second-order valence-electron chi connectivity index (χ2n) is 7.11. The Labute approximate surface area is 175 Å². The van der Waals surface area contributed by atoms with Gasteiger partial charge in [0, 0.05) is 49.8 Å². The Kier molecular flexibility index (Phi) is 6.05. The molecule has 4 rings (SSSR count). The van der Waals surface area contributed by atoms with E-state index in [2.05, 4.69) is 45.8 Å². The molecule has 1 fully saturated rings. The summed E-state index contributed by atoms with van der Waals surface area (Å²) in [6.45, 7) is 5.00. The number of benzene rings is 2. The molecule has 1 aliphatic heterocycles. The summed E-state index contributed by atoms with van der Waals surface area (Å²) in [6.07, 6.45) is 1.74. The SMILES string of the molecule is CCc1ccc(NC(=O)N2CCN(c3nc(Cc4ccccc4)ns3)CC2)cc1. The predicted molar refractivity (Wildman–Crippen MR) is 118 cm³/mol. The van der Waals surface area contributed by atoms with E-state index in [0.29, 0.717) is 13.1 Å². The van der Waals surface area contributed by atoms with E-state index in [1.165, 1.54) is 22.7 Å². The van der Waals surface area contributed by atoms with Gasteiger partial charge in [0.25, 0.3) is 0 Å². The number of amides is 2. The average Bonchev–Trinajstić information content (AvgIpc) is 3.23. The molecule has 2 aromatic carbocycles. The van der Waals surface area contributed by atoms with E-state index in [-0.39, 0.29) is 6.03 Å². The first-order valence-electron chi connectivity index (χ1n) is 9.97. The zero-order chi connectivity index (χ0) is 20.1. The quantitative estimate of drug-likeness (QED) is 0.693. The largest absolute Gasteiger partial charge is 0.343 e. The van der Waals surface area contributed by atoms with Crippen LogP contribution in [0, 0.1) is 0 Å². The third kappa shape index (κ3) is 4.92. The van der Waals surface area contributed by atoms with Crippen LogP contribution in [0.3, 0.4) is 0 Å². The molecule has 0 atom stereocenters. The zero-order valence-corrected chi connectivity index (χ0v) is 17.4. The van der Waals surface area contributed by atoms with E-state index < -0.39 is 0 Å². The van der Waals surface area contributed by atoms with Crippen molar-refractivity contribution in [1.29, 1.82) is 0 Å². The summed E-state index contributed by atoms with van der Waals surface area (Å²) >= 11 is 1.44. The van der Waals surface area contributed by atoms with Gasteiger partial charge in [0.05, 0.1) is 0 Å². The molecule has 2 amide bonds. The number of aromatic nitrogens is 2. The summed E-state index contributed by atoms with van der Waals surface area (Å²) in [4.78, 5) is 21.3. The molecule has 150 valence electrons. The monoisotopic (exact) mass is 407 g/mol. The first-order chi connectivity index (χ1) is 14.2. The van der Waals surface area contributed by atoms with Gasteiger partial charge in [0.1, 0.15) is 5.82 Å². The van der Waals surface area contributed by atoms with Crippen LogP contribution in [0.25, 0.3) is 0 Å². The maximum atomic E-state index is 12.5. The highest BCUT2D eigenvalue weighted by molar-refractivity contribution is 7.09. The Morgan fingerprint density at radius 1 is 1.00 bits per heavy atom. The van der Waals surface area contributed by atoms with Crippen molar-refractivity contribution >= 4 is 28.4 Å². The van der Waals surface area contributed by atoms with E-state index in [9.17, 15) is 4.79 Å². The molecule has 7 heteroatoms. The number of urea groups is 1. The molecular formula is C22H25N5OS. The molecular weight excluding hydrogens is 382 g/mol. The molecule has 1 aliphatic rings. The number of carbonyl (C=O) groups is 1. The number of hydrogen-bond acceptors (Lipinski definition) is 5. The molecule has 0 bridgehead atoms. The lowest BCUT2D eigenvalue weighted by atomic mass is 10.1. The maximum absolute atomic E-state index is 12.5. The molecule has 2 heterocycles. The number of nitrogens with zero attached hydrogens (tertiary/aromatic N) is 4. The lowest BCUT2D eigenvalue weighted by molar-refractivity contribution is 0.208. The highest BCUT2D eigenvalue weighted by atomic mass is 32.1. The van der Waals surface area contributed by atoms with Crippen molar-refractivity contribution in [3.63, 3.8) is 0 Å². The molecule has 1 saturated heterocycles. The highest BCUT2D eigenvalue weighted by Gasteiger charge is 2.23. The molecule has 1 N–H and O–H groups in total. The van der Waals surface area contributed by atoms with Crippen molar-refractivity contribution in [2.45, 2.75) is 19.8 Å². The van der Waals surface area contributed by atoms with Crippen LogP contribution >= 0.6 is 11.5 Å². The van der Waals surface area contributed by atoms with Crippen molar-refractivity contribution in [1.82, 2.24) is 14.3 Å². The third-order valence-corrected chi connectivity index (χ3v) is 5.93. The van der Waals surface area contributed by atoms with Crippen LogP contribution in [0.4, 0.5) is 15.6 Å². The van der Waals surface area contributed by atoms with Crippen LogP contribution in [0.15, 0.2) is 54.6 Å². The number of aryl methyl sites for hydroxylation is 1. The summed E-state index contributed by atoms with van der Waals surface area (Å²) in [5, 5.41) is 3.93. The van der Waals surface area contributed by atoms with Crippen molar-refractivity contribution in [2.75, 3.05) is 36.4 Å². The van der Waals surface area contributed by atoms with E-state index in [4.69, 9.17) is 4.98 Å². The van der Waals surface area contributed by atoms with Gasteiger partial charge in [-0.2, -0.15) is 4.37 Å². The maximum Gasteiger partial charge on any atom is 0.321 e. The second kappa shape index (κ2) is 9.05. The van der Waals surface area contributed by atoms with E-state index in [1.807, 2.05) is 35.2 Å². The van der Waals surface area contributed by atoms with Gasteiger partial charge in [0.15, 0.2) is 0 Å². The van der Waals surface area contributed by atoms with Crippen LogP contribution in [-0.4, -0.2) is 46.5 Å². The highest BCUT2D eigenvalue weighted by Crippen LogP contribution is 2.21. The van der Waals surface area contributed by atoms with Crippen molar-refractivity contribution < 1.29 is 4.79 Å². The minimum absolute atomic E-state index is 0.0454. The van der Waals surface area contributed by atoms with Gasteiger partial charge in [-0.15, -0.1) is 0 Å². The molecule has 1 aromatic heterocycles. The Bertz CT molecular complexity index is 933. The van der Waals surface area contributed by atoms with Gasteiger partial charge in [-0.05, 0) is 29.7 Å². The topological polar surface area (TPSA) is 61.4 Å². The van der Waals surface area contributed by atoms with Gasteiger partial charge in [-0.1, -0.05) is 49.4 Å². The molecule has 6 nitrogen and oxygen atoms in total. The fourth-order valence-corrected chi connectivity index (χ4v) is 4.09. The number of carbonyl (C=O) groups excluding carboxylic acids is 1. The fourth-order valence-electron chi connectivity index (χ4n) is 3.35. The fraction of sp³-hybridized carbons (Fsp3) is 0.318. The molecule has 0 saturated carbocycles. The molecule has 0 aliphatic carbocycles. The van der Waals surface area contributed by atoms with E-state index in [1.54, 1.807) is 0 Å². The smallest absolute Gasteiger partial charge is 0.321 e. The molecule has 3 aromatic rings. The number of anilines is 2. The van der Waals surface area contributed by atoms with Gasteiger partial charge in [0.2, 0.25) is 5.13 Å². The van der Waals surface area contributed by atoms with Gasteiger partial charge in [-0.25, -0.2) is 9.78 Å². The first kappa shape index (κ1) is 19.4. The molecule has 29 heavy (non-hydrogen) atoms. The minimum Gasteiger partial charge on any atom is -0.343 e. The molecule has 0 radical (unpaired) electrons. The molecule has 0 spiro atoms. The number of hydrogen-bond donors (Lipinski definition) is 1.